The summed E-state index contributed by atoms with van der Waals surface area (Å²) in [6, 6.07) is 7.28. The number of hydrogen-bond donors (Lipinski definition) is 3. The van der Waals surface area contributed by atoms with E-state index in [0.29, 0.717) is 5.69 Å². The van der Waals surface area contributed by atoms with Crippen LogP contribution in [0.3, 0.4) is 0 Å². The molecule has 2 rings (SSSR count). The predicted molar refractivity (Wildman–Crippen MR) is 71.1 cm³/mol. The molecule has 1 fully saturated rings. The molecule has 1 aromatic carbocycles. The van der Waals surface area contributed by atoms with Gasteiger partial charge in [0.05, 0.1) is 17.0 Å². The lowest BCUT2D eigenvalue weighted by molar-refractivity contribution is -0.118. The molecule has 5 nitrogen and oxygen atoms in total. The van der Waals surface area contributed by atoms with Crippen LogP contribution in [0.4, 0.5) is 5.69 Å². The van der Waals surface area contributed by atoms with Crippen molar-refractivity contribution >= 4 is 29.3 Å². The quantitative estimate of drug-likeness (QED) is 0.682. The van der Waals surface area contributed by atoms with Crippen molar-refractivity contribution in [3.05, 3.63) is 24.3 Å². The molecule has 0 atom stereocenters. The van der Waals surface area contributed by atoms with E-state index in [1.165, 1.54) is 11.8 Å². The van der Waals surface area contributed by atoms with Crippen molar-refractivity contribution in [1.29, 1.82) is 0 Å². The van der Waals surface area contributed by atoms with Gasteiger partial charge in [0.2, 0.25) is 11.8 Å². The van der Waals surface area contributed by atoms with Gasteiger partial charge in [-0.15, -0.1) is 11.8 Å². The summed E-state index contributed by atoms with van der Waals surface area (Å²) in [4.78, 5) is 23.4. The first-order valence-corrected chi connectivity index (χ1v) is 6.60. The van der Waals surface area contributed by atoms with Crippen LogP contribution in [0, 0.1) is 0 Å². The minimum atomic E-state index is -0.707. The number of amides is 2. The Bertz CT molecular complexity index is 486. The summed E-state index contributed by atoms with van der Waals surface area (Å²) in [5.74, 6) is -0.381. The van der Waals surface area contributed by atoms with E-state index >= 15 is 0 Å². The smallest absolute Gasteiger partial charge is 0.244 e. The van der Waals surface area contributed by atoms with Crippen LogP contribution in [-0.4, -0.2) is 23.1 Å². The summed E-state index contributed by atoms with van der Waals surface area (Å²) in [5.41, 5.74) is 10.9. The molecule has 1 saturated carbocycles. The number of nitrogens with two attached hydrogens (primary N) is 2. The van der Waals surface area contributed by atoms with Crippen LogP contribution in [0.2, 0.25) is 0 Å². The summed E-state index contributed by atoms with van der Waals surface area (Å²) in [6.45, 7) is 0. The first-order chi connectivity index (χ1) is 8.51. The fourth-order valence-electron chi connectivity index (χ4n) is 1.45. The van der Waals surface area contributed by atoms with Crippen molar-refractivity contribution in [2.24, 2.45) is 11.5 Å². The SMILES string of the molecule is NC(=O)CSc1ccccc1NC(=O)C1(N)CC1. The van der Waals surface area contributed by atoms with Crippen LogP contribution < -0.4 is 16.8 Å². The molecule has 0 bridgehead atoms. The molecule has 1 aliphatic rings. The molecule has 0 aliphatic heterocycles. The van der Waals surface area contributed by atoms with Gasteiger partial charge >= 0.3 is 0 Å². The summed E-state index contributed by atoms with van der Waals surface area (Å²) in [5, 5.41) is 2.80. The first kappa shape index (κ1) is 12.9. The highest BCUT2D eigenvalue weighted by Gasteiger charge is 2.46. The van der Waals surface area contributed by atoms with Crippen molar-refractivity contribution < 1.29 is 9.59 Å². The van der Waals surface area contributed by atoms with E-state index in [1.807, 2.05) is 18.2 Å². The minimum Gasteiger partial charge on any atom is -0.369 e. The number of carbonyl (C=O) groups is 2. The number of para-hydroxylation sites is 1. The maximum absolute atomic E-state index is 11.8. The van der Waals surface area contributed by atoms with Gasteiger partial charge in [-0.05, 0) is 25.0 Å². The first-order valence-electron chi connectivity index (χ1n) is 5.62. The number of primary amides is 1. The number of thioether (sulfide) groups is 1. The monoisotopic (exact) mass is 265 g/mol. The Hall–Kier alpha value is -1.53. The van der Waals surface area contributed by atoms with Gasteiger partial charge in [-0.1, -0.05) is 12.1 Å². The Balaban J connectivity index is 2.07. The van der Waals surface area contributed by atoms with Crippen LogP contribution in [0.15, 0.2) is 29.2 Å². The van der Waals surface area contributed by atoms with E-state index in [0.717, 1.165) is 17.7 Å². The van der Waals surface area contributed by atoms with Gasteiger partial charge < -0.3 is 16.8 Å². The van der Waals surface area contributed by atoms with E-state index in [9.17, 15) is 9.59 Å². The van der Waals surface area contributed by atoms with Crippen LogP contribution in [0.1, 0.15) is 12.8 Å². The molecule has 1 aliphatic carbocycles. The molecular formula is C12H15N3O2S. The normalized spacial score (nSPS) is 16.1. The Morgan fingerprint density at radius 2 is 2.00 bits per heavy atom. The zero-order valence-electron chi connectivity index (χ0n) is 9.81. The predicted octanol–water partition coefficient (Wildman–Crippen LogP) is 0.694. The second kappa shape index (κ2) is 4.99. The van der Waals surface area contributed by atoms with E-state index in [2.05, 4.69) is 5.32 Å². The van der Waals surface area contributed by atoms with E-state index in [-0.39, 0.29) is 11.7 Å². The third-order valence-electron chi connectivity index (χ3n) is 2.75. The zero-order chi connectivity index (χ0) is 13.2. The standard InChI is InChI=1S/C12H15N3O2S/c13-10(16)7-18-9-4-2-1-3-8(9)15-11(17)12(14)5-6-12/h1-4H,5-7,14H2,(H2,13,16)(H,15,17). The maximum Gasteiger partial charge on any atom is 0.244 e. The highest BCUT2D eigenvalue weighted by molar-refractivity contribution is 8.00. The molecule has 0 radical (unpaired) electrons. The Labute approximate surface area is 109 Å². The van der Waals surface area contributed by atoms with Gasteiger partial charge in [-0.25, -0.2) is 0 Å². The molecule has 2 amide bonds. The number of nitrogens with one attached hydrogen (secondary N) is 1. The highest BCUT2D eigenvalue weighted by atomic mass is 32.2. The van der Waals surface area contributed by atoms with Gasteiger partial charge in [0.15, 0.2) is 0 Å². The number of rotatable bonds is 5. The van der Waals surface area contributed by atoms with Gasteiger partial charge in [-0.3, -0.25) is 9.59 Å². The van der Waals surface area contributed by atoms with Gasteiger partial charge in [0.1, 0.15) is 0 Å². The van der Waals surface area contributed by atoms with Crippen molar-refractivity contribution in [1.82, 2.24) is 0 Å². The Kier molecular flexibility index (Phi) is 3.58. The van der Waals surface area contributed by atoms with Crippen molar-refractivity contribution in [3.63, 3.8) is 0 Å². The second-order valence-electron chi connectivity index (χ2n) is 4.36. The van der Waals surface area contributed by atoms with Crippen LogP contribution in [-0.2, 0) is 9.59 Å². The topological polar surface area (TPSA) is 98.2 Å². The van der Waals surface area contributed by atoms with Crippen molar-refractivity contribution in [3.8, 4) is 0 Å². The number of carbonyl (C=O) groups excluding carboxylic acids is 2. The van der Waals surface area contributed by atoms with E-state index in [4.69, 9.17) is 11.5 Å². The van der Waals surface area contributed by atoms with E-state index < -0.39 is 11.4 Å². The molecule has 0 unspecified atom stereocenters. The zero-order valence-corrected chi connectivity index (χ0v) is 10.6. The third kappa shape index (κ3) is 3.02. The number of benzene rings is 1. The average Bonchev–Trinajstić information content (AvgIpc) is 3.07. The molecule has 1 aromatic rings. The van der Waals surface area contributed by atoms with Crippen molar-refractivity contribution in [2.45, 2.75) is 23.3 Å². The summed E-state index contributed by atoms with van der Waals surface area (Å²) < 4.78 is 0. The molecule has 6 heteroatoms. The highest BCUT2D eigenvalue weighted by Crippen LogP contribution is 2.34. The van der Waals surface area contributed by atoms with Gasteiger partial charge in [0, 0.05) is 4.90 Å². The van der Waals surface area contributed by atoms with Gasteiger partial charge in [-0.2, -0.15) is 0 Å². The molecule has 0 heterocycles. The van der Waals surface area contributed by atoms with E-state index in [1.54, 1.807) is 6.07 Å². The molecule has 0 spiro atoms. The maximum atomic E-state index is 11.8. The molecular weight excluding hydrogens is 250 g/mol. The fraction of sp³-hybridized carbons (Fsp3) is 0.333. The minimum absolute atomic E-state index is 0.172. The number of hydrogen-bond acceptors (Lipinski definition) is 4. The second-order valence-corrected chi connectivity index (χ2v) is 5.38. The average molecular weight is 265 g/mol. The number of anilines is 1. The lowest BCUT2D eigenvalue weighted by atomic mass is 10.2. The molecule has 18 heavy (non-hydrogen) atoms. The summed E-state index contributed by atoms with van der Waals surface area (Å²) >= 11 is 1.30. The Morgan fingerprint density at radius 1 is 1.33 bits per heavy atom. The summed E-state index contributed by atoms with van der Waals surface area (Å²) in [6.07, 6.45) is 1.44. The summed E-state index contributed by atoms with van der Waals surface area (Å²) in [7, 11) is 0. The van der Waals surface area contributed by atoms with Crippen molar-refractivity contribution in [2.75, 3.05) is 11.1 Å². The Morgan fingerprint density at radius 3 is 2.61 bits per heavy atom. The molecule has 0 aromatic heterocycles. The van der Waals surface area contributed by atoms with Crippen LogP contribution >= 0.6 is 11.8 Å². The lowest BCUT2D eigenvalue weighted by Gasteiger charge is -2.13. The molecule has 96 valence electrons. The van der Waals surface area contributed by atoms with Crippen LogP contribution in [0.25, 0.3) is 0 Å². The largest absolute Gasteiger partial charge is 0.369 e. The van der Waals surface area contributed by atoms with Gasteiger partial charge in [0.25, 0.3) is 0 Å². The fourth-order valence-corrected chi connectivity index (χ4v) is 2.20. The van der Waals surface area contributed by atoms with Crippen LogP contribution in [0.5, 0.6) is 0 Å². The lowest BCUT2D eigenvalue weighted by Crippen LogP contribution is -2.37. The molecule has 5 N–H and O–H groups in total. The molecule has 0 saturated heterocycles. The third-order valence-corrected chi connectivity index (χ3v) is 3.84.